The standard InChI is InChI=1S/C16H19N3O2/c1-5-12-8-17-7-6-13(12)15-18-10(3)14(11(4)19-15)9(2)16(20)21/h6-9H,5H2,1-4H3,(H,20,21). The smallest absolute Gasteiger partial charge is 0.310 e. The molecule has 0 aliphatic carbocycles. The van der Waals surface area contributed by atoms with Gasteiger partial charge in [-0.15, -0.1) is 0 Å². The van der Waals surface area contributed by atoms with Gasteiger partial charge in [-0.1, -0.05) is 6.92 Å². The Labute approximate surface area is 124 Å². The number of carboxylic acid groups (broad SMARTS) is 1. The molecular weight excluding hydrogens is 266 g/mol. The van der Waals surface area contributed by atoms with Crippen LogP contribution in [0.5, 0.6) is 0 Å². The number of hydrogen-bond donors (Lipinski definition) is 1. The molecule has 1 N–H and O–H groups in total. The van der Waals surface area contributed by atoms with Crippen LogP contribution >= 0.6 is 0 Å². The summed E-state index contributed by atoms with van der Waals surface area (Å²) < 4.78 is 0. The van der Waals surface area contributed by atoms with E-state index < -0.39 is 11.9 Å². The zero-order valence-electron chi connectivity index (χ0n) is 12.7. The Hall–Kier alpha value is -2.30. The second kappa shape index (κ2) is 5.99. The summed E-state index contributed by atoms with van der Waals surface area (Å²) in [5.41, 5.74) is 4.15. The van der Waals surface area contributed by atoms with E-state index in [1.165, 1.54) is 0 Å². The molecule has 1 unspecified atom stereocenters. The first-order valence-corrected chi connectivity index (χ1v) is 6.96. The van der Waals surface area contributed by atoms with Gasteiger partial charge in [0, 0.05) is 34.9 Å². The van der Waals surface area contributed by atoms with E-state index in [1.807, 2.05) is 26.1 Å². The predicted molar refractivity (Wildman–Crippen MR) is 80.2 cm³/mol. The topological polar surface area (TPSA) is 76.0 Å². The SMILES string of the molecule is CCc1cnccc1-c1nc(C)c(C(C)C(=O)O)c(C)n1. The lowest BCUT2D eigenvalue weighted by Crippen LogP contribution is -2.13. The highest BCUT2D eigenvalue weighted by molar-refractivity contribution is 5.76. The van der Waals surface area contributed by atoms with E-state index in [0.29, 0.717) is 22.8 Å². The van der Waals surface area contributed by atoms with E-state index >= 15 is 0 Å². The molecule has 0 spiro atoms. The van der Waals surface area contributed by atoms with Gasteiger partial charge < -0.3 is 5.11 Å². The number of nitrogens with zero attached hydrogens (tertiary/aromatic N) is 3. The van der Waals surface area contributed by atoms with Gasteiger partial charge in [-0.05, 0) is 38.8 Å². The van der Waals surface area contributed by atoms with Crippen molar-refractivity contribution in [2.45, 2.75) is 40.0 Å². The zero-order valence-corrected chi connectivity index (χ0v) is 12.7. The fraction of sp³-hybridized carbons (Fsp3) is 0.375. The Morgan fingerprint density at radius 2 is 1.90 bits per heavy atom. The molecule has 21 heavy (non-hydrogen) atoms. The highest BCUT2D eigenvalue weighted by atomic mass is 16.4. The summed E-state index contributed by atoms with van der Waals surface area (Å²) in [4.78, 5) is 24.3. The summed E-state index contributed by atoms with van der Waals surface area (Å²) in [6.45, 7) is 7.38. The Morgan fingerprint density at radius 1 is 1.29 bits per heavy atom. The Balaban J connectivity index is 2.57. The molecule has 0 aliphatic rings. The first-order valence-electron chi connectivity index (χ1n) is 6.96. The van der Waals surface area contributed by atoms with Gasteiger partial charge >= 0.3 is 5.97 Å². The van der Waals surface area contributed by atoms with E-state index in [9.17, 15) is 9.90 Å². The van der Waals surface area contributed by atoms with Crippen LogP contribution in [0, 0.1) is 13.8 Å². The lowest BCUT2D eigenvalue weighted by molar-refractivity contribution is -0.138. The molecular formula is C16H19N3O2. The van der Waals surface area contributed by atoms with Gasteiger partial charge in [-0.2, -0.15) is 0 Å². The first-order chi connectivity index (χ1) is 9.95. The van der Waals surface area contributed by atoms with Crippen molar-refractivity contribution in [1.82, 2.24) is 15.0 Å². The summed E-state index contributed by atoms with van der Waals surface area (Å²) >= 11 is 0. The fourth-order valence-electron chi connectivity index (χ4n) is 2.52. The Kier molecular flexibility index (Phi) is 4.31. The first kappa shape index (κ1) is 15.1. The summed E-state index contributed by atoms with van der Waals surface area (Å²) in [7, 11) is 0. The molecule has 0 aliphatic heterocycles. The maximum absolute atomic E-state index is 11.2. The van der Waals surface area contributed by atoms with Crippen molar-refractivity contribution in [1.29, 1.82) is 0 Å². The van der Waals surface area contributed by atoms with E-state index in [4.69, 9.17) is 0 Å². The highest BCUT2D eigenvalue weighted by Crippen LogP contribution is 2.26. The maximum Gasteiger partial charge on any atom is 0.310 e. The van der Waals surface area contributed by atoms with Crippen molar-refractivity contribution in [3.63, 3.8) is 0 Å². The summed E-state index contributed by atoms with van der Waals surface area (Å²) in [6.07, 6.45) is 4.38. The van der Waals surface area contributed by atoms with Crippen molar-refractivity contribution >= 4 is 5.97 Å². The number of carbonyl (C=O) groups is 1. The molecule has 0 bridgehead atoms. The fourth-order valence-corrected chi connectivity index (χ4v) is 2.52. The van der Waals surface area contributed by atoms with E-state index in [1.54, 1.807) is 13.1 Å². The third-order valence-electron chi connectivity index (χ3n) is 3.66. The molecule has 2 aromatic heterocycles. The second-order valence-corrected chi connectivity index (χ2v) is 5.08. The molecule has 0 radical (unpaired) electrons. The third kappa shape index (κ3) is 2.91. The quantitative estimate of drug-likeness (QED) is 0.934. The van der Waals surface area contributed by atoms with Crippen molar-refractivity contribution in [2.75, 3.05) is 0 Å². The second-order valence-electron chi connectivity index (χ2n) is 5.08. The molecule has 0 fully saturated rings. The van der Waals surface area contributed by atoms with Gasteiger partial charge in [-0.3, -0.25) is 9.78 Å². The molecule has 0 saturated heterocycles. The molecule has 0 amide bonds. The largest absolute Gasteiger partial charge is 0.481 e. The molecule has 0 aromatic carbocycles. The van der Waals surface area contributed by atoms with Crippen LogP contribution < -0.4 is 0 Å². The summed E-state index contributed by atoms with van der Waals surface area (Å²) in [5, 5.41) is 9.19. The van der Waals surface area contributed by atoms with Crippen LogP contribution in [0.2, 0.25) is 0 Å². The molecule has 0 saturated carbocycles. The van der Waals surface area contributed by atoms with Crippen LogP contribution in [0.3, 0.4) is 0 Å². The number of aliphatic carboxylic acids is 1. The van der Waals surface area contributed by atoms with Crippen molar-refractivity contribution in [3.05, 3.63) is 41.0 Å². The van der Waals surface area contributed by atoms with E-state index in [-0.39, 0.29) is 0 Å². The van der Waals surface area contributed by atoms with Gasteiger partial charge in [0.25, 0.3) is 0 Å². The lowest BCUT2D eigenvalue weighted by Gasteiger charge is -2.15. The van der Waals surface area contributed by atoms with Gasteiger partial charge in [0.2, 0.25) is 0 Å². The molecule has 1 atom stereocenters. The Morgan fingerprint density at radius 3 is 2.43 bits per heavy atom. The van der Waals surface area contributed by atoms with Crippen LogP contribution in [-0.2, 0) is 11.2 Å². The molecule has 2 heterocycles. The maximum atomic E-state index is 11.2. The lowest BCUT2D eigenvalue weighted by atomic mass is 9.97. The number of carboxylic acids is 1. The van der Waals surface area contributed by atoms with Gasteiger partial charge in [0.15, 0.2) is 5.82 Å². The van der Waals surface area contributed by atoms with Crippen LogP contribution in [0.4, 0.5) is 0 Å². The van der Waals surface area contributed by atoms with Crippen LogP contribution in [0.1, 0.15) is 42.3 Å². The molecule has 110 valence electrons. The summed E-state index contributed by atoms with van der Waals surface area (Å²) in [5.74, 6) is -0.844. The number of hydrogen-bond acceptors (Lipinski definition) is 4. The average Bonchev–Trinajstić information content (AvgIpc) is 2.46. The van der Waals surface area contributed by atoms with Gasteiger partial charge in [0.05, 0.1) is 5.92 Å². The van der Waals surface area contributed by atoms with Gasteiger partial charge in [0.1, 0.15) is 0 Å². The minimum absolute atomic E-state index is 0.609. The van der Waals surface area contributed by atoms with Crippen LogP contribution in [-0.4, -0.2) is 26.0 Å². The molecule has 2 rings (SSSR count). The number of pyridine rings is 1. The normalized spacial score (nSPS) is 12.2. The monoisotopic (exact) mass is 285 g/mol. The number of rotatable bonds is 4. The average molecular weight is 285 g/mol. The van der Waals surface area contributed by atoms with Crippen molar-refractivity contribution < 1.29 is 9.90 Å². The van der Waals surface area contributed by atoms with E-state index in [2.05, 4.69) is 21.9 Å². The third-order valence-corrected chi connectivity index (χ3v) is 3.66. The zero-order chi connectivity index (χ0) is 15.6. The van der Waals surface area contributed by atoms with Gasteiger partial charge in [-0.25, -0.2) is 9.97 Å². The molecule has 5 nitrogen and oxygen atoms in total. The minimum atomic E-state index is -0.865. The highest BCUT2D eigenvalue weighted by Gasteiger charge is 2.21. The van der Waals surface area contributed by atoms with E-state index in [0.717, 1.165) is 17.5 Å². The molecule has 5 heteroatoms. The number of aromatic nitrogens is 3. The van der Waals surface area contributed by atoms with Crippen LogP contribution in [0.15, 0.2) is 18.5 Å². The van der Waals surface area contributed by atoms with Crippen LogP contribution in [0.25, 0.3) is 11.4 Å². The van der Waals surface area contributed by atoms with Crippen molar-refractivity contribution in [3.8, 4) is 11.4 Å². The Bertz CT molecular complexity index is 660. The summed E-state index contributed by atoms with van der Waals surface area (Å²) in [6, 6.07) is 1.90. The number of aryl methyl sites for hydroxylation is 3. The predicted octanol–water partition coefficient (Wildman–Crippen LogP) is 2.91. The molecule has 2 aromatic rings. The minimum Gasteiger partial charge on any atom is -0.481 e. The van der Waals surface area contributed by atoms with Crippen molar-refractivity contribution in [2.24, 2.45) is 0 Å².